The zero-order chi connectivity index (χ0) is 23.1. The molecule has 170 valence electrons. The Hall–Kier alpha value is -2.64. The van der Waals surface area contributed by atoms with Gasteiger partial charge in [-0.05, 0) is 47.4 Å². The van der Waals surface area contributed by atoms with Crippen molar-refractivity contribution in [2.75, 3.05) is 0 Å². The summed E-state index contributed by atoms with van der Waals surface area (Å²) in [5, 5.41) is 9.13. The summed E-state index contributed by atoms with van der Waals surface area (Å²) in [5.41, 5.74) is 4.70. The second kappa shape index (κ2) is 11.0. The standard InChI is InChI=1S/C26H29N5S2/c1-26(2,3)20-10-12-23(13-11-20)31-24(18-32-16-21-8-4-6-14-27-21)29-30-25(31)19-33-17-22-9-5-7-15-28-22/h4-15H,16-19H2,1-3H3. The van der Waals surface area contributed by atoms with Gasteiger partial charge in [0.2, 0.25) is 0 Å². The Labute approximate surface area is 204 Å². The topological polar surface area (TPSA) is 56.5 Å². The number of nitrogens with zero attached hydrogens (tertiary/aromatic N) is 5. The van der Waals surface area contributed by atoms with Gasteiger partial charge < -0.3 is 0 Å². The van der Waals surface area contributed by atoms with Gasteiger partial charge in [-0.25, -0.2) is 0 Å². The van der Waals surface area contributed by atoms with E-state index < -0.39 is 0 Å². The molecule has 0 N–H and O–H groups in total. The molecule has 0 saturated carbocycles. The molecule has 4 rings (SSSR count). The first kappa shape index (κ1) is 23.5. The minimum Gasteiger partial charge on any atom is -0.282 e. The Balaban J connectivity index is 1.52. The van der Waals surface area contributed by atoms with Crippen LogP contribution in [0.25, 0.3) is 5.69 Å². The van der Waals surface area contributed by atoms with Gasteiger partial charge >= 0.3 is 0 Å². The highest BCUT2D eigenvalue weighted by atomic mass is 32.2. The SMILES string of the molecule is CC(C)(C)c1ccc(-n2c(CSCc3ccccn3)nnc2CSCc2ccccn2)cc1. The molecule has 0 aliphatic rings. The first-order valence-electron chi connectivity index (χ1n) is 11.0. The van der Waals surface area contributed by atoms with Gasteiger partial charge in [-0.1, -0.05) is 45.0 Å². The number of hydrogen-bond donors (Lipinski definition) is 0. The number of benzene rings is 1. The summed E-state index contributed by atoms with van der Waals surface area (Å²) in [5.74, 6) is 5.17. The van der Waals surface area contributed by atoms with Crippen LogP contribution >= 0.6 is 23.5 Å². The van der Waals surface area contributed by atoms with Gasteiger partial charge in [0.1, 0.15) is 11.6 Å². The average Bonchev–Trinajstić information content (AvgIpc) is 3.22. The van der Waals surface area contributed by atoms with E-state index >= 15 is 0 Å². The van der Waals surface area contributed by atoms with Crippen molar-refractivity contribution < 1.29 is 0 Å². The Bertz CT molecular complexity index is 1070. The minimum atomic E-state index is 0.119. The fourth-order valence-corrected chi connectivity index (χ4v) is 5.11. The van der Waals surface area contributed by atoms with Crippen LogP contribution in [0.3, 0.4) is 0 Å². The van der Waals surface area contributed by atoms with Gasteiger partial charge in [0.25, 0.3) is 0 Å². The van der Waals surface area contributed by atoms with Gasteiger partial charge in [-0.3, -0.25) is 14.5 Å². The van der Waals surface area contributed by atoms with E-state index in [1.54, 1.807) is 0 Å². The van der Waals surface area contributed by atoms with Crippen molar-refractivity contribution in [1.29, 1.82) is 0 Å². The van der Waals surface area contributed by atoms with Gasteiger partial charge in [0, 0.05) is 29.6 Å². The van der Waals surface area contributed by atoms with E-state index in [1.807, 2.05) is 60.2 Å². The van der Waals surface area contributed by atoms with Crippen molar-refractivity contribution in [3.05, 3.63) is 102 Å². The van der Waals surface area contributed by atoms with Crippen molar-refractivity contribution in [2.24, 2.45) is 0 Å². The van der Waals surface area contributed by atoms with E-state index in [2.05, 4.69) is 81.9 Å². The first-order chi connectivity index (χ1) is 16.0. The van der Waals surface area contributed by atoms with Crippen LogP contribution in [0.4, 0.5) is 0 Å². The molecule has 3 aromatic heterocycles. The smallest absolute Gasteiger partial charge is 0.147 e. The highest BCUT2D eigenvalue weighted by Gasteiger charge is 2.17. The lowest BCUT2D eigenvalue weighted by Crippen LogP contribution is -2.11. The Morgan fingerprint density at radius 2 is 1.18 bits per heavy atom. The number of thioether (sulfide) groups is 2. The van der Waals surface area contributed by atoms with E-state index in [0.29, 0.717) is 0 Å². The average molecular weight is 476 g/mol. The van der Waals surface area contributed by atoms with Gasteiger partial charge in [0.15, 0.2) is 0 Å². The van der Waals surface area contributed by atoms with Gasteiger partial charge in [-0.15, -0.1) is 33.7 Å². The quantitative estimate of drug-likeness (QED) is 0.286. The van der Waals surface area contributed by atoms with E-state index in [1.165, 1.54) is 5.56 Å². The number of hydrogen-bond acceptors (Lipinski definition) is 6. The van der Waals surface area contributed by atoms with E-state index in [9.17, 15) is 0 Å². The zero-order valence-corrected chi connectivity index (χ0v) is 20.9. The summed E-state index contributed by atoms with van der Waals surface area (Å²) in [7, 11) is 0. The molecule has 0 saturated heterocycles. The monoisotopic (exact) mass is 475 g/mol. The summed E-state index contributed by atoms with van der Waals surface area (Å²) in [6.45, 7) is 6.71. The third-order valence-electron chi connectivity index (χ3n) is 5.20. The highest BCUT2D eigenvalue weighted by Crippen LogP contribution is 2.26. The second-order valence-corrected chi connectivity index (χ2v) is 10.8. The maximum absolute atomic E-state index is 4.56. The maximum Gasteiger partial charge on any atom is 0.147 e. The van der Waals surface area contributed by atoms with Crippen LogP contribution < -0.4 is 0 Å². The van der Waals surface area contributed by atoms with E-state index in [-0.39, 0.29) is 5.41 Å². The third kappa shape index (κ3) is 6.45. The molecule has 0 fully saturated rings. The van der Waals surface area contributed by atoms with Crippen molar-refractivity contribution in [2.45, 2.75) is 49.2 Å². The van der Waals surface area contributed by atoms with Crippen LogP contribution in [0.1, 0.15) is 49.4 Å². The summed E-state index contributed by atoms with van der Waals surface area (Å²) in [6, 6.07) is 20.9. The minimum absolute atomic E-state index is 0.119. The zero-order valence-electron chi connectivity index (χ0n) is 19.3. The first-order valence-corrected chi connectivity index (χ1v) is 13.3. The van der Waals surface area contributed by atoms with Crippen LogP contribution in [0.5, 0.6) is 0 Å². The Morgan fingerprint density at radius 3 is 1.61 bits per heavy atom. The molecule has 0 amide bonds. The Kier molecular flexibility index (Phi) is 7.83. The lowest BCUT2D eigenvalue weighted by molar-refractivity contribution is 0.590. The van der Waals surface area contributed by atoms with Crippen molar-refractivity contribution in [3.63, 3.8) is 0 Å². The van der Waals surface area contributed by atoms with Crippen LogP contribution in [0, 0.1) is 0 Å². The highest BCUT2D eigenvalue weighted by molar-refractivity contribution is 7.97. The molecule has 0 aliphatic carbocycles. The maximum atomic E-state index is 4.56. The lowest BCUT2D eigenvalue weighted by Gasteiger charge is -2.19. The summed E-state index contributed by atoms with van der Waals surface area (Å²) >= 11 is 3.61. The second-order valence-electron chi connectivity index (χ2n) is 8.79. The van der Waals surface area contributed by atoms with Gasteiger partial charge in [0.05, 0.1) is 22.9 Å². The number of aromatic nitrogens is 5. The summed E-state index contributed by atoms with van der Waals surface area (Å²) in [4.78, 5) is 8.85. The molecule has 3 heterocycles. The fourth-order valence-electron chi connectivity index (χ4n) is 3.41. The molecule has 5 nitrogen and oxygen atoms in total. The fraction of sp³-hybridized carbons (Fsp3) is 0.308. The number of pyridine rings is 2. The molecule has 0 spiro atoms. The molecule has 0 radical (unpaired) electrons. The van der Waals surface area contributed by atoms with Crippen LogP contribution in [0.2, 0.25) is 0 Å². The molecule has 7 heteroatoms. The molecular weight excluding hydrogens is 446 g/mol. The molecule has 0 bridgehead atoms. The normalized spacial score (nSPS) is 11.6. The van der Waals surface area contributed by atoms with Crippen molar-refractivity contribution in [1.82, 2.24) is 24.7 Å². The van der Waals surface area contributed by atoms with Crippen molar-refractivity contribution >= 4 is 23.5 Å². The third-order valence-corrected chi connectivity index (χ3v) is 7.13. The predicted molar refractivity (Wildman–Crippen MR) is 139 cm³/mol. The van der Waals surface area contributed by atoms with Crippen LogP contribution in [-0.4, -0.2) is 24.7 Å². The van der Waals surface area contributed by atoms with E-state index in [0.717, 1.165) is 51.7 Å². The van der Waals surface area contributed by atoms with Crippen LogP contribution in [-0.2, 0) is 28.4 Å². The van der Waals surface area contributed by atoms with Crippen molar-refractivity contribution in [3.8, 4) is 5.69 Å². The molecule has 4 aromatic rings. The molecule has 1 aromatic carbocycles. The largest absolute Gasteiger partial charge is 0.282 e. The molecule has 33 heavy (non-hydrogen) atoms. The predicted octanol–water partition coefficient (Wildman–Crippen LogP) is 6.22. The van der Waals surface area contributed by atoms with E-state index in [4.69, 9.17) is 0 Å². The molecule has 0 unspecified atom stereocenters. The number of rotatable bonds is 9. The van der Waals surface area contributed by atoms with Gasteiger partial charge in [-0.2, -0.15) is 0 Å². The summed E-state index contributed by atoms with van der Waals surface area (Å²) < 4.78 is 2.21. The molecule has 0 atom stereocenters. The Morgan fingerprint density at radius 1 is 0.667 bits per heavy atom. The lowest BCUT2D eigenvalue weighted by atomic mass is 9.87. The molecule has 0 aliphatic heterocycles. The molecular formula is C26H29N5S2. The van der Waals surface area contributed by atoms with Crippen LogP contribution in [0.15, 0.2) is 73.1 Å². The summed E-state index contributed by atoms with van der Waals surface area (Å²) in [6.07, 6.45) is 3.68.